The smallest absolute Gasteiger partial charge is 0.449 e. The van der Waals surface area contributed by atoms with Gasteiger partial charge in [0.1, 0.15) is 11.5 Å². The minimum absolute atomic E-state index is 0.0138. The van der Waals surface area contributed by atoms with Crippen LogP contribution in [0, 0.1) is 5.92 Å². The number of hydrogen-bond acceptors (Lipinski definition) is 5. The largest absolute Gasteiger partial charge is 0.462 e. The number of carbonyl (C=O) groups is 2. The van der Waals surface area contributed by atoms with Gasteiger partial charge in [0.05, 0.1) is 6.61 Å². The monoisotopic (exact) mass is 482 g/mol. The van der Waals surface area contributed by atoms with E-state index in [-0.39, 0.29) is 13.8 Å². The van der Waals surface area contributed by atoms with E-state index in [9.17, 15) is 57.9 Å². The fourth-order valence-electron chi connectivity index (χ4n) is 2.26. The van der Waals surface area contributed by atoms with Crippen molar-refractivity contribution in [2.24, 2.45) is 5.92 Å². The Morgan fingerprint density at radius 3 is 1.87 bits per heavy atom. The van der Waals surface area contributed by atoms with Crippen molar-refractivity contribution in [2.75, 3.05) is 6.61 Å². The Hall–Kier alpha value is -2.13. The van der Waals surface area contributed by atoms with Crippen molar-refractivity contribution < 1.29 is 72.1 Å². The van der Waals surface area contributed by atoms with Crippen LogP contribution in [0.1, 0.15) is 20.3 Å². The van der Waals surface area contributed by atoms with Crippen molar-refractivity contribution in [3.05, 3.63) is 12.2 Å². The molecule has 1 aliphatic rings. The second-order valence-electron chi connectivity index (χ2n) is 6.57. The lowest BCUT2D eigenvalue weighted by molar-refractivity contribution is -0.468. The maximum absolute atomic E-state index is 14.9. The number of alkyl halides is 11. The summed E-state index contributed by atoms with van der Waals surface area (Å²) in [5, 5.41) is 0. The van der Waals surface area contributed by atoms with Crippen LogP contribution in [0.15, 0.2) is 12.2 Å². The van der Waals surface area contributed by atoms with Gasteiger partial charge in [-0.1, -0.05) is 6.58 Å². The highest BCUT2D eigenvalue weighted by atomic mass is 19.4. The number of ether oxygens (including phenoxy) is 3. The molecule has 0 saturated carbocycles. The lowest BCUT2D eigenvalue weighted by Crippen LogP contribution is -2.74. The number of esters is 2. The summed E-state index contributed by atoms with van der Waals surface area (Å²) in [6, 6.07) is 0. The quantitative estimate of drug-likeness (QED) is 0.337. The molecule has 0 aromatic rings. The van der Waals surface area contributed by atoms with Crippen LogP contribution in [0.2, 0.25) is 0 Å². The Bertz CT molecular complexity index is 739. The summed E-state index contributed by atoms with van der Waals surface area (Å²) in [5.74, 6) is -19.8. The first-order valence-corrected chi connectivity index (χ1v) is 7.91. The molecule has 0 amide bonds. The Labute approximate surface area is 166 Å². The fourth-order valence-corrected chi connectivity index (χ4v) is 2.26. The predicted octanol–water partition coefficient (Wildman–Crippen LogP) is 4.46. The summed E-state index contributed by atoms with van der Waals surface area (Å²) < 4.78 is 157. The van der Waals surface area contributed by atoms with Crippen LogP contribution in [-0.4, -0.2) is 54.4 Å². The van der Waals surface area contributed by atoms with Gasteiger partial charge in [0.2, 0.25) is 0 Å². The number of hydrogen-bond donors (Lipinski definition) is 0. The Morgan fingerprint density at radius 2 is 1.48 bits per heavy atom. The van der Waals surface area contributed by atoms with Crippen LogP contribution >= 0.6 is 0 Å². The van der Waals surface area contributed by atoms with E-state index in [1.165, 1.54) is 0 Å². The molecule has 3 unspecified atom stereocenters. The van der Waals surface area contributed by atoms with Crippen LogP contribution in [0.3, 0.4) is 0 Å². The van der Waals surface area contributed by atoms with Gasteiger partial charge in [-0.3, -0.25) is 4.79 Å². The maximum atomic E-state index is 14.9. The molecule has 0 N–H and O–H groups in total. The first kappa shape index (κ1) is 26.9. The Balaban J connectivity index is 3.47. The normalized spacial score (nSPS) is 27.9. The third-order valence-electron chi connectivity index (χ3n) is 4.33. The molecule has 1 heterocycles. The van der Waals surface area contributed by atoms with Gasteiger partial charge in [0.25, 0.3) is 0 Å². The summed E-state index contributed by atoms with van der Waals surface area (Å²) in [6.45, 7) is 0.874. The average Bonchev–Trinajstić information content (AvgIpc) is 2.55. The molecule has 16 heteroatoms. The van der Waals surface area contributed by atoms with Gasteiger partial charge in [-0.05, 0) is 13.8 Å². The molecule has 0 aromatic carbocycles. The highest BCUT2D eigenvalue weighted by Gasteiger charge is 2.83. The lowest BCUT2D eigenvalue weighted by Gasteiger charge is -2.50. The molecule has 31 heavy (non-hydrogen) atoms. The van der Waals surface area contributed by atoms with E-state index in [0.717, 1.165) is 0 Å². The molecule has 3 atom stereocenters. The first-order chi connectivity index (χ1) is 13.5. The van der Waals surface area contributed by atoms with Gasteiger partial charge in [0.15, 0.2) is 5.60 Å². The second kappa shape index (κ2) is 7.78. The minimum Gasteiger partial charge on any atom is -0.449 e. The molecule has 0 spiro atoms. The molecule has 1 saturated heterocycles. The molecule has 0 bridgehead atoms. The number of rotatable bonds is 4. The minimum atomic E-state index is -6.41. The van der Waals surface area contributed by atoms with Crippen LogP contribution in [-0.2, 0) is 23.8 Å². The number of carbonyl (C=O) groups excluding carboxylic acids is 2. The summed E-state index contributed by atoms with van der Waals surface area (Å²) in [4.78, 5) is 23.1. The van der Waals surface area contributed by atoms with Crippen LogP contribution < -0.4 is 0 Å². The van der Waals surface area contributed by atoms with Gasteiger partial charge in [-0.25, -0.2) is 4.79 Å². The van der Waals surface area contributed by atoms with Crippen molar-refractivity contribution >= 4 is 11.9 Å². The Kier molecular flexibility index (Phi) is 6.75. The molecule has 5 nitrogen and oxygen atoms in total. The zero-order valence-electron chi connectivity index (χ0n) is 15.4. The van der Waals surface area contributed by atoms with Crippen molar-refractivity contribution in [1.29, 1.82) is 0 Å². The van der Waals surface area contributed by atoms with Gasteiger partial charge in [-0.2, -0.15) is 48.3 Å². The second-order valence-corrected chi connectivity index (χ2v) is 6.57. The summed E-state index contributed by atoms with van der Waals surface area (Å²) in [5.41, 5.74) is -6.11. The van der Waals surface area contributed by atoms with Crippen LogP contribution in [0.25, 0.3) is 0 Å². The van der Waals surface area contributed by atoms with Crippen molar-refractivity contribution in [2.45, 2.75) is 56.1 Å². The zero-order valence-corrected chi connectivity index (χ0v) is 15.4. The number of halogens is 11. The highest BCUT2D eigenvalue weighted by Crippen LogP contribution is 2.56. The van der Waals surface area contributed by atoms with Gasteiger partial charge < -0.3 is 14.2 Å². The van der Waals surface area contributed by atoms with Crippen LogP contribution in [0.5, 0.6) is 0 Å². The van der Waals surface area contributed by atoms with E-state index in [2.05, 4.69) is 20.8 Å². The predicted molar refractivity (Wildman–Crippen MR) is 75.3 cm³/mol. The topological polar surface area (TPSA) is 61.8 Å². The standard InChI is InChI=1S/C15H13F11O5/c1-6(11(16,17)18)8(27)30-10(3)4-5-29-14(13(10,22)23,15(24,25)26)31-9(28)7(2)12(19,20)21/h7H,1,4-5H2,2-3H3. The van der Waals surface area contributed by atoms with E-state index in [0.29, 0.717) is 0 Å². The molecule has 1 aliphatic heterocycles. The lowest BCUT2D eigenvalue weighted by atomic mass is 9.84. The molecular weight excluding hydrogens is 469 g/mol. The highest BCUT2D eigenvalue weighted by molar-refractivity contribution is 5.89. The third kappa shape index (κ3) is 4.72. The van der Waals surface area contributed by atoms with Gasteiger partial charge in [-0.15, -0.1) is 0 Å². The van der Waals surface area contributed by atoms with E-state index < -0.39 is 72.3 Å². The van der Waals surface area contributed by atoms with Gasteiger partial charge >= 0.3 is 42.2 Å². The van der Waals surface area contributed by atoms with E-state index in [1.54, 1.807) is 0 Å². The Morgan fingerprint density at radius 1 is 1.00 bits per heavy atom. The van der Waals surface area contributed by atoms with Crippen molar-refractivity contribution in [3.8, 4) is 0 Å². The van der Waals surface area contributed by atoms with E-state index in [4.69, 9.17) is 0 Å². The van der Waals surface area contributed by atoms with E-state index in [1.807, 2.05) is 0 Å². The molecule has 1 fully saturated rings. The fraction of sp³-hybridized carbons (Fsp3) is 0.733. The summed E-state index contributed by atoms with van der Waals surface area (Å²) >= 11 is 0. The molecule has 1 rings (SSSR count). The zero-order chi connectivity index (χ0) is 24.8. The molecule has 180 valence electrons. The summed E-state index contributed by atoms with van der Waals surface area (Å²) in [6.07, 6.45) is -18.7. The first-order valence-electron chi connectivity index (χ1n) is 7.91. The van der Waals surface area contributed by atoms with Crippen LogP contribution in [0.4, 0.5) is 48.3 Å². The average molecular weight is 482 g/mol. The molecule has 0 aromatic heterocycles. The maximum Gasteiger partial charge on any atom is 0.462 e. The third-order valence-corrected chi connectivity index (χ3v) is 4.33. The van der Waals surface area contributed by atoms with Crippen molar-refractivity contribution in [1.82, 2.24) is 0 Å². The SMILES string of the molecule is C=C(C(=O)OC1(C)CCOC(OC(=O)C(C)C(F)(F)F)(C(F)(F)F)C1(F)F)C(F)(F)F. The molecular formula is C15H13F11O5. The molecule has 0 radical (unpaired) electrons. The van der Waals surface area contributed by atoms with Gasteiger partial charge in [0, 0.05) is 6.42 Å². The van der Waals surface area contributed by atoms with E-state index >= 15 is 0 Å². The summed E-state index contributed by atoms with van der Waals surface area (Å²) in [7, 11) is 0. The van der Waals surface area contributed by atoms with Crippen molar-refractivity contribution in [3.63, 3.8) is 0 Å². The molecule has 0 aliphatic carbocycles.